The van der Waals surface area contributed by atoms with Crippen molar-refractivity contribution < 1.29 is 9.90 Å². The van der Waals surface area contributed by atoms with Gasteiger partial charge in [0.1, 0.15) is 0 Å². The van der Waals surface area contributed by atoms with Gasteiger partial charge in [-0.3, -0.25) is 4.79 Å². The summed E-state index contributed by atoms with van der Waals surface area (Å²) in [5, 5.41) is 15.5. The average Bonchev–Trinajstić information content (AvgIpc) is 3.23. The summed E-state index contributed by atoms with van der Waals surface area (Å²) in [7, 11) is 0. The van der Waals surface area contributed by atoms with E-state index in [1.165, 1.54) is 12.8 Å². The van der Waals surface area contributed by atoms with Gasteiger partial charge in [0.2, 0.25) is 5.91 Å². The largest absolute Gasteiger partial charge is 0.394 e. The van der Waals surface area contributed by atoms with E-state index in [1.807, 2.05) is 30.3 Å². The number of hydrogen-bond acceptors (Lipinski definition) is 3. The van der Waals surface area contributed by atoms with Crippen molar-refractivity contribution in [1.82, 2.24) is 10.6 Å². The topological polar surface area (TPSA) is 61.4 Å². The van der Waals surface area contributed by atoms with Crippen LogP contribution in [0, 0.1) is 0 Å². The van der Waals surface area contributed by atoms with Crippen LogP contribution in [0.25, 0.3) is 0 Å². The normalized spacial score (nSPS) is 16.1. The molecule has 2 rings (SSSR count). The Bertz CT molecular complexity index is 390. The lowest BCUT2D eigenvalue weighted by molar-refractivity contribution is -0.122. The summed E-state index contributed by atoms with van der Waals surface area (Å²) in [4.78, 5) is 11.7. The van der Waals surface area contributed by atoms with Gasteiger partial charge >= 0.3 is 0 Å². The Morgan fingerprint density at radius 3 is 2.68 bits per heavy atom. The molecule has 0 bridgehead atoms. The summed E-state index contributed by atoms with van der Waals surface area (Å²) in [5.74, 6) is 0.00290. The molecule has 1 saturated carbocycles. The molecule has 1 aromatic carbocycles. The number of benzene rings is 1. The fraction of sp³-hybridized carbons (Fsp3) is 0.533. The van der Waals surface area contributed by atoms with Crippen LogP contribution >= 0.6 is 0 Å². The van der Waals surface area contributed by atoms with E-state index < -0.39 is 0 Å². The predicted octanol–water partition coefficient (Wildman–Crippen LogP) is 0.848. The van der Waals surface area contributed by atoms with Gasteiger partial charge in [0.25, 0.3) is 0 Å². The summed E-state index contributed by atoms with van der Waals surface area (Å²) in [6.07, 6.45) is 3.60. The van der Waals surface area contributed by atoms with Crippen LogP contribution in [0.15, 0.2) is 30.3 Å². The quantitative estimate of drug-likeness (QED) is 0.651. The van der Waals surface area contributed by atoms with E-state index in [4.69, 9.17) is 0 Å². The molecule has 3 N–H and O–H groups in total. The third-order valence-corrected chi connectivity index (χ3v) is 3.27. The molecular weight excluding hydrogens is 240 g/mol. The molecule has 0 aromatic heterocycles. The van der Waals surface area contributed by atoms with Crippen LogP contribution in [0.3, 0.4) is 0 Å². The van der Waals surface area contributed by atoms with Crippen LogP contribution in [-0.2, 0) is 11.2 Å². The average molecular weight is 262 g/mol. The Kier molecular flexibility index (Phi) is 5.36. The van der Waals surface area contributed by atoms with Gasteiger partial charge in [-0.25, -0.2) is 0 Å². The number of amides is 1. The van der Waals surface area contributed by atoms with E-state index in [0.717, 1.165) is 12.1 Å². The first-order valence-corrected chi connectivity index (χ1v) is 6.95. The van der Waals surface area contributed by atoms with Crippen molar-refractivity contribution in [3.05, 3.63) is 35.9 Å². The van der Waals surface area contributed by atoms with Gasteiger partial charge in [0.05, 0.1) is 12.6 Å². The summed E-state index contributed by atoms with van der Waals surface area (Å²) in [5.41, 5.74) is 1.12. The van der Waals surface area contributed by atoms with Crippen LogP contribution in [-0.4, -0.2) is 36.2 Å². The summed E-state index contributed by atoms with van der Waals surface area (Å²) < 4.78 is 0. The maximum Gasteiger partial charge on any atom is 0.221 e. The molecule has 19 heavy (non-hydrogen) atoms. The lowest BCUT2D eigenvalue weighted by Gasteiger charge is -2.16. The zero-order valence-corrected chi connectivity index (χ0v) is 11.1. The number of rotatable bonds is 8. The Morgan fingerprint density at radius 1 is 1.32 bits per heavy atom. The first-order valence-electron chi connectivity index (χ1n) is 6.95. The first kappa shape index (κ1) is 14.0. The van der Waals surface area contributed by atoms with E-state index in [1.54, 1.807) is 0 Å². The molecule has 0 saturated heterocycles. The standard InChI is InChI=1S/C15H22N2O2/c18-11-14(10-12-4-2-1-3-5-12)17-15(19)8-9-16-13-6-7-13/h1-5,13-14,16,18H,6-11H2,(H,17,19)/t14-/m1/s1. The van der Waals surface area contributed by atoms with Gasteiger partial charge in [0.15, 0.2) is 0 Å². The maximum absolute atomic E-state index is 11.7. The van der Waals surface area contributed by atoms with Crippen molar-refractivity contribution in [2.75, 3.05) is 13.2 Å². The second-order valence-electron chi connectivity index (χ2n) is 5.12. The molecule has 0 heterocycles. The fourth-order valence-electron chi connectivity index (χ4n) is 2.04. The van der Waals surface area contributed by atoms with E-state index in [0.29, 0.717) is 18.9 Å². The molecule has 0 unspecified atom stereocenters. The number of nitrogens with one attached hydrogen (secondary N) is 2. The van der Waals surface area contributed by atoms with Crippen LogP contribution in [0.5, 0.6) is 0 Å². The Balaban J connectivity index is 1.69. The third-order valence-electron chi connectivity index (χ3n) is 3.27. The molecule has 1 amide bonds. The van der Waals surface area contributed by atoms with Crippen LogP contribution < -0.4 is 10.6 Å². The van der Waals surface area contributed by atoms with Crippen molar-refractivity contribution in [3.8, 4) is 0 Å². The highest BCUT2D eigenvalue weighted by Gasteiger charge is 2.20. The van der Waals surface area contributed by atoms with Crippen molar-refractivity contribution >= 4 is 5.91 Å². The summed E-state index contributed by atoms with van der Waals surface area (Å²) in [6.45, 7) is 0.691. The van der Waals surface area contributed by atoms with Gasteiger partial charge in [0, 0.05) is 19.0 Å². The van der Waals surface area contributed by atoms with Crippen molar-refractivity contribution in [1.29, 1.82) is 0 Å². The van der Waals surface area contributed by atoms with Crippen LogP contribution in [0.1, 0.15) is 24.8 Å². The SMILES string of the molecule is O=C(CCNC1CC1)N[C@@H](CO)Cc1ccccc1. The Morgan fingerprint density at radius 2 is 2.05 bits per heavy atom. The van der Waals surface area contributed by atoms with E-state index in [-0.39, 0.29) is 18.6 Å². The highest BCUT2D eigenvalue weighted by molar-refractivity contribution is 5.76. The molecule has 1 aromatic rings. The van der Waals surface area contributed by atoms with Crippen molar-refractivity contribution in [2.45, 2.75) is 37.8 Å². The fourth-order valence-corrected chi connectivity index (χ4v) is 2.04. The highest BCUT2D eigenvalue weighted by Crippen LogP contribution is 2.18. The number of aliphatic hydroxyl groups is 1. The summed E-state index contributed by atoms with van der Waals surface area (Å²) in [6, 6.07) is 10.3. The molecule has 4 heteroatoms. The van der Waals surface area contributed by atoms with Crippen molar-refractivity contribution in [2.24, 2.45) is 0 Å². The number of carbonyl (C=O) groups excluding carboxylic acids is 1. The second-order valence-corrected chi connectivity index (χ2v) is 5.12. The molecule has 1 atom stereocenters. The molecule has 0 spiro atoms. The predicted molar refractivity (Wildman–Crippen MR) is 74.8 cm³/mol. The second kappa shape index (κ2) is 7.26. The van der Waals surface area contributed by atoms with Crippen LogP contribution in [0.2, 0.25) is 0 Å². The highest BCUT2D eigenvalue weighted by atomic mass is 16.3. The number of aliphatic hydroxyl groups excluding tert-OH is 1. The lowest BCUT2D eigenvalue weighted by Crippen LogP contribution is -2.40. The monoisotopic (exact) mass is 262 g/mol. The minimum Gasteiger partial charge on any atom is -0.394 e. The maximum atomic E-state index is 11.7. The van der Waals surface area contributed by atoms with Gasteiger partial charge < -0.3 is 15.7 Å². The molecule has 1 fully saturated rings. The molecule has 1 aliphatic rings. The smallest absolute Gasteiger partial charge is 0.221 e. The minimum absolute atomic E-state index is 0.00290. The van der Waals surface area contributed by atoms with Gasteiger partial charge in [-0.1, -0.05) is 30.3 Å². The van der Waals surface area contributed by atoms with Gasteiger partial charge in [-0.2, -0.15) is 0 Å². The molecule has 0 radical (unpaired) electrons. The summed E-state index contributed by atoms with van der Waals surface area (Å²) >= 11 is 0. The molecule has 104 valence electrons. The first-order chi connectivity index (χ1) is 9.28. The molecular formula is C15H22N2O2. The van der Waals surface area contributed by atoms with Crippen LogP contribution in [0.4, 0.5) is 0 Å². The molecule has 4 nitrogen and oxygen atoms in total. The molecule has 0 aliphatic heterocycles. The van der Waals surface area contributed by atoms with Gasteiger partial charge in [-0.05, 0) is 24.8 Å². The molecule has 1 aliphatic carbocycles. The number of hydrogen-bond donors (Lipinski definition) is 3. The van der Waals surface area contributed by atoms with E-state index in [2.05, 4.69) is 10.6 Å². The van der Waals surface area contributed by atoms with Crippen molar-refractivity contribution in [3.63, 3.8) is 0 Å². The van der Waals surface area contributed by atoms with E-state index >= 15 is 0 Å². The van der Waals surface area contributed by atoms with Gasteiger partial charge in [-0.15, -0.1) is 0 Å². The van der Waals surface area contributed by atoms with E-state index in [9.17, 15) is 9.90 Å². The third kappa shape index (κ3) is 5.41. The zero-order chi connectivity index (χ0) is 13.5. The Labute approximate surface area is 114 Å². The number of carbonyl (C=O) groups is 1. The minimum atomic E-state index is -0.198. The zero-order valence-electron chi connectivity index (χ0n) is 11.1. The Hall–Kier alpha value is -1.39. The lowest BCUT2D eigenvalue weighted by atomic mass is 10.1.